The standard InChI is InChI=1S/C16H19NO2/c1-9-12-8-16(3)10(2)14(18)6-5-11(16)7-13(12)17(4)15(9)19/h5,7,10H,6,8H2,1-4H3/t10-,16+/m0/s1. The second-order valence-electron chi connectivity index (χ2n) is 6.14. The van der Waals surface area contributed by atoms with Gasteiger partial charge in [0.2, 0.25) is 0 Å². The first-order chi connectivity index (χ1) is 8.86. The van der Waals surface area contributed by atoms with Crippen molar-refractivity contribution in [2.45, 2.75) is 33.6 Å². The summed E-state index contributed by atoms with van der Waals surface area (Å²) in [7, 11) is 1.82. The summed E-state index contributed by atoms with van der Waals surface area (Å²) >= 11 is 0. The summed E-state index contributed by atoms with van der Waals surface area (Å²) in [5.41, 5.74) is 4.04. The lowest BCUT2D eigenvalue weighted by Crippen LogP contribution is -2.38. The van der Waals surface area contributed by atoms with E-state index in [2.05, 4.69) is 13.0 Å². The zero-order valence-corrected chi connectivity index (χ0v) is 11.9. The highest BCUT2D eigenvalue weighted by Crippen LogP contribution is 2.52. The number of hydrogen-bond donors (Lipinski definition) is 0. The minimum absolute atomic E-state index is 0.0200. The summed E-state index contributed by atoms with van der Waals surface area (Å²) < 4.78 is 0. The minimum atomic E-state index is -0.152. The highest BCUT2D eigenvalue weighted by atomic mass is 16.2. The van der Waals surface area contributed by atoms with Crippen molar-refractivity contribution in [3.8, 4) is 0 Å². The molecule has 3 aliphatic rings. The van der Waals surface area contributed by atoms with Gasteiger partial charge in [-0.05, 0) is 30.6 Å². The van der Waals surface area contributed by atoms with E-state index in [1.807, 2.05) is 27.0 Å². The lowest BCUT2D eigenvalue weighted by Gasteiger charge is -2.43. The van der Waals surface area contributed by atoms with Gasteiger partial charge in [-0.2, -0.15) is 0 Å². The largest absolute Gasteiger partial charge is 0.311 e. The molecule has 0 unspecified atom stereocenters. The van der Waals surface area contributed by atoms with Gasteiger partial charge >= 0.3 is 0 Å². The molecule has 3 rings (SSSR count). The fourth-order valence-electron chi connectivity index (χ4n) is 3.51. The van der Waals surface area contributed by atoms with Gasteiger partial charge in [-0.15, -0.1) is 0 Å². The van der Waals surface area contributed by atoms with Crippen LogP contribution in [-0.2, 0) is 9.59 Å². The van der Waals surface area contributed by atoms with Crippen molar-refractivity contribution in [1.82, 2.24) is 4.90 Å². The van der Waals surface area contributed by atoms with Crippen molar-refractivity contribution < 1.29 is 9.59 Å². The zero-order chi connectivity index (χ0) is 13.9. The zero-order valence-electron chi connectivity index (χ0n) is 11.9. The molecule has 0 N–H and O–H groups in total. The van der Waals surface area contributed by atoms with Crippen molar-refractivity contribution in [3.63, 3.8) is 0 Å². The number of Topliss-reactive ketones (excluding diaryl/α,β-unsaturated/α-hetero) is 1. The fraction of sp³-hybridized carbons (Fsp3) is 0.500. The van der Waals surface area contributed by atoms with Crippen LogP contribution in [0.1, 0.15) is 33.6 Å². The van der Waals surface area contributed by atoms with Gasteiger partial charge in [-0.1, -0.05) is 19.9 Å². The molecule has 3 nitrogen and oxygen atoms in total. The van der Waals surface area contributed by atoms with Gasteiger partial charge in [0, 0.05) is 36.1 Å². The molecular formula is C16H19NO2. The Morgan fingerprint density at radius 2 is 2.05 bits per heavy atom. The maximum absolute atomic E-state index is 12.1. The summed E-state index contributed by atoms with van der Waals surface area (Å²) in [5.74, 6) is 0.411. The van der Waals surface area contributed by atoms with E-state index in [9.17, 15) is 9.59 Å². The highest BCUT2D eigenvalue weighted by molar-refractivity contribution is 6.00. The summed E-state index contributed by atoms with van der Waals surface area (Å²) in [6.45, 7) is 6.06. The number of ketones is 1. The number of likely N-dealkylation sites (N-methyl/N-ethyl adjacent to an activating group) is 1. The van der Waals surface area contributed by atoms with Crippen LogP contribution in [0.15, 0.2) is 34.6 Å². The third-order valence-electron chi connectivity index (χ3n) is 5.21. The van der Waals surface area contributed by atoms with Gasteiger partial charge in [0.05, 0.1) is 0 Å². The average molecular weight is 257 g/mol. The molecule has 2 atom stereocenters. The Bertz CT molecular complexity index is 594. The molecule has 0 radical (unpaired) electrons. The van der Waals surface area contributed by atoms with E-state index in [4.69, 9.17) is 0 Å². The maximum Gasteiger partial charge on any atom is 0.254 e. The quantitative estimate of drug-likeness (QED) is 0.669. The van der Waals surface area contributed by atoms with E-state index in [1.54, 1.807) is 4.90 Å². The van der Waals surface area contributed by atoms with Crippen molar-refractivity contribution >= 4 is 11.7 Å². The summed E-state index contributed by atoms with van der Waals surface area (Å²) in [5, 5.41) is 0. The van der Waals surface area contributed by atoms with Crippen LogP contribution in [0.3, 0.4) is 0 Å². The predicted octanol–water partition coefficient (Wildman–Crippen LogP) is 2.60. The van der Waals surface area contributed by atoms with E-state index in [0.717, 1.165) is 23.3 Å². The summed E-state index contributed by atoms with van der Waals surface area (Å²) in [6, 6.07) is 0. The van der Waals surface area contributed by atoms with Gasteiger partial charge < -0.3 is 4.90 Å². The molecule has 0 aromatic rings. The Morgan fingerprint density at radius 1 is 1.37 bits per heavy atom. The smallest absolute Gasteiger partial charge is 0.254 e. The van der Waals surface area contributed by atoms with E-state index in [1.165, 1.54) is 5.57 Å². The van der Waals surface area contributed by atoms with Crippen LogP contribution >= 0.6 is 0 Å². The van der Waals surface area contributed by atoms with E-state index in [-0.39, 0.29) is 17.2 Å². The third-order valence-corrected chi connectivity index (χ3v) is 5.21. The first-order valence-corrected chi connectivity index (χ1v) is 6.79. The highest BCUT2D eigenvalue weighted by Gasteiger charge is 2.46. The van der Waals surface area contributed by atoms with Crippen molar-refractivity contribution in [3.05, 3.63) is 34.6 Å². The molecule has 1 amide bonds. The van der Waals surface area contributed by atoms with Gasteiger partial charge in [0.25, 0.3) is 5.91 Å². The molecule has 0 bridgehead atoms. The first-order valence-electron chi connectivity index (χ1n) is 6.79. The molecule has 1 aliphatic heterocycles. The van der Waals surface area contributed by atoms with Crippen LogP contribution in [-0.4, -0.2) is 23.6 Å². The second kappa shape index (κ2) is 3.69. The molecular weight excluding hydrogens is 238 g/mol. The van der Waals surface area contributed by atoms with Gasteiger partial charge in [-0.25, -0.2) is 0 Å². The summed E-state index contributed by atoms with van der Waals surface area (Å²) in [4.78, 5) is 25.8. The van der Waals surface area contributed by atoms with Crippen LogP contribution in [0.25, 0.3) is 0 Å². The Balaban J connectivity index is 2.18. The SMILES string of the molecule is CC1=C2C[C@@]3(C)C(=CCC(=O)[C@@H]3C)C=C2N(C)C1=O. The molecule has 0 aromatic carbocycles. The van der Waals surface area contributed by atoms with E-state index < -0.39 is 0 Å². The van der Waals surface area contributed by atoms with Crippen LogP contribution in [0.4, 0.5) is 0 Å². The number of fused-ring (bicyclic) bond motifs is 2. The van der Waals surface area contributed by atoms with Crippen LogP contribution in [0.2, 0.25) is 0 Å². The predicted molar refractivity (Wildman–Crippen MR) is 73.1 cm³/mol. The molecule has 1 heterocycles. The average Bonchev–Trinajstić information content (AvgIpc) is 2.58. The molecule has 0 spiro atoms. The number of rotatable bonds is 0. The molecule has 0 aromatic heterocycles. The Morgan fingerprint density at radius 3 is 2.74 bits per heavy atom. The molecule has 0 saturated heterocycles. The van der Waals surface area contributed by atoms with Crippen molar-refractivity contribution in [2.75, 3.05) is 7.05 Å². The lowest BCUT2D eigenvalue weighted by atomic mass is 9.61. The molecule has 0 saturated carbocycles. The van der Waals surface area contributed by atoms with Crippen LogP contribution < -0.4 is 0 Å². The number of carbonyl (C=O) groups excluding carboxylic acids is 2. The monoisotopic (exact) mass is 257 g/mol. The topological polar surface area (TPSA) is 37.4 Å². The van der Waals surface area contributed by atoms with Crippen LogP contribution in [0, 0.1) is 11.3 Å². The Labute approximate surface area is 113 Å². The normalized spacial score (nSPS) is 34.1. The van der Waals surface area contributed by atoms with Crippen LogP contribution in [0.5, 0.6) is 0 Å². The van der Waals surface area contributed by atoms with Crippen molar-refractivity contribution in [1.29, 1.82) is 0 Å². The number of amides is 1. The van der Waals surface area contributed by atoms with E-state index in [0.29, 0.717) is 12.2 Å². The maximum atomic E-state index is 12.1. The first kappa shape index (κ1) is 12.4. The summed E-state index contributed by atoms with van der Waals surface area (Å²) in [6.07, 6.45) is 5.46. The van der Waals surface area contributed by atoms with Gasteiger partial charge in [0.15, 0.2) is 0 Å². The lowest BCUT2D eigenvalue weighted by molar-refractivity contribution is -0.125. The Hall–Kier alpha value is -1.64. The van der Waals surface area contributed by atoms with E-state index >= 15 is 0 Å². The van der Waals surface area contributed by atoms with Gasteiger partial charge in [-0.3, -0.25) is 9.59 Å². The van der Waals surface area contributed by atoms with Gasteiger partial charge in [0.1, 0.15) is 5.78 Å². The molecule has 2 aliphatic carbocycles. The molecule has 100 valence electrons. The number of nitrogens with zero attached hydrogens (tertiary/aromatic N) is 1. The molecule has 0 fully saturated rings. The number of allylic oxidation sites excluding steroid dienone is 4. The minimum Gasteiger partial charge on any atom is -0.311 e. The second-order valence-corrected chi connectivity index (χ2v) is 6.14. The Kier molecular flexibility index (Phi) is 2.40. The molecule has 19 heavy (non-hydrogen) atoms. The van der Waals surface area contributed by atoms with Crippen molar-refractivity contribution in [2.24, 2.45) is 11.3 Å². The third kappa shape index (κ3) is 1.44. The fourth-order valence-corrected chi connectivity index (χ4v) is 3.51. The number of hydrogen-bond acceptors (Lipinski definition) is 2. The molecule has 3 heteroatoms. The number of carbonyl (C=O) groups is 2.